The quantitative estimate of drug-likeness (QED) is 0.280. The van der Waals surface area contributed by atoms with E-state index in [1.165, 1.54) is 14.1 Å². The Morgan fingerprint density at radius 3 is 1.75 bits per heavy atom. The van der Waals surface area contributed by atoms with Crippen LogP contribution in [0.2, 0.25) is 0 Å². The van der Waals surface area contributed by atoms with Gasteiger partial charge in [0.25, 0.3) is 5.56 Å². The van der Waals surface area contributed by atoms with Crippen molar-refractivity contribution in [3.05, 3.63) is 52.6 Å². The van der Waals surface area contributed by atoms with Crippen molar-refractivity contribution >= 4 is 21.9 Å². The minimum atomic E-state index is -4.12. The van der Waals surface area contributed by atoms with E-state index in [0.29, 0.717) is 12.8 Å². The number of aromatic nitrogens is 2. The number of ether oxygens (including phenoxy) is 1. The summed E-state index contributed by atoms with van der Waals surface area (Å²) in [6.45, 7) is 7.31. The first kappa shape index (κ1) is 34.2. The van der Waals surface area contributed by atoms with E-state index in [4.69, 9.17) is 4.74 Å². The number of carbonyl (C=O) groups is 1. The molecule has 13 nitrogen and oxygen atoms in total. The van der Waals surface area contributed by atoms with Gasteiger partial charge in [0.15, 0.2) is 4.91 Å². The summed E-state index contributed by atoms with van der Waals surface area (Å²) < 4.78 is 32.4. The van der Waals surface area contributed by atoms with Gasteiger partial charge in [0.05, 0.1) is 0 Å². The minimum absolute atomic E-state index is 0. The molecule has 15 heteroatoms. The fourth-order valence-electron chi connectivity index (χ4n) is 4.62. The van der Waals surface area contributed by atoms with Gasteiger partial charge in [-0.05, 0) is 18.9 Å². The second-order valence-corrected chi connectivity index (χ2v) is 11.9. The molecule has 1 saturated carbocycles. The van der Waals surface area contributed by atoms with Crippen LogP contribution in [0.3, 0.4) is 0 Å². The fourth-order valence-corrected chi connectivity index (χ4v) is 6.56. The Labute approximate surface area is 250 Å². The number of carbonyl (C=O) groups excluding carboxylic acids is 1. The molecule has 0 bridgehead atoms. The van der Waals surface area contributed by atoms with Crippen LogP contribution in [-0.4, -0.2) is 85.9 Å². The van der Waals surface area contributed by atoms with Crippen LogP contribution in [0.4, 0.5) is 0 Å². The van der Waals surface area contributed by atoms with Crippen molar-refractivity contribution in [3.8, 4) is 5.88 Å². The Hall–Kier alpha value is -2.03. The molecule has 0 amide bonds. The SMILES string of the molecule is C1C[N-]CC[N-]CCC[N-]CC[N-]C1.Cn1c(O)c(/C=C2\C(=O)OC3(CCCCC3)S2(=O)=O)c(=O)n(C)c1=O.[HH].[HH].[HH].[HH].[Ni]. The van der Waals surface area contributed by atoms with Gasteiger partial charge in [-0.2, -0.15) is 52.4 Å². The summed E-state index contributed by atoms with van der Waals surface area (Å²) in [5, 5.41) is 27.6. The van der Waals surface area contributed by atoms with Crippen molar-refractivity contribution in [2.45, 2.75) is 49.9 Å². The van der Waals surface area contributed by atoms with Crippen LogP contribution in [-0.2, 0) is 50.0 Å². The smallest absolute Gasteiger partial charge is 0.351 e. The number of sulfone groups is 1. The molecular weight excluding hydrogens is 587 g/mol. The van der Waals surface area contributed by atoms with Gasteiger partial charge in [0.2, 0.25) is 20.7 Å². The summed E-state index contributed by atoms with van der Waals surface area (Å²) in [5.41, 5.74) is -2.13. The number of aromatic hydroxyl groups is 1. The van der Waals surface area contributed by atoms with Gasteiger partial charge in [-0.3, -0.25) is 13.9 Å². The zero-order valence-electron chi connectivity index (χ0n) is 23.0. The molecule has 0 atom stereocenters. The molecule has 40 heavy (non-hydrogen) atoms. The minimum Gasteiger partial charge on any atom is -0.664 e. The molecule has 0 aromatic carbocycles. The van der Waals surface area contributed by atoms with E-state index in [9.17, 15) is 27.9 Å². The van der Waals surface area contributed by atoms with Gasteiger partial charge in [-0.15, -0.1) is 0 Å². The molecule has 3 fully saturated rings. The molecule has 0 unspecified atom stereocenters. The summed E-state index contributed by atoms with van der Waals surface area (Å²) in [4.78, 5) is 33.9. The Kier molecular flexibility index (Phi) is 13.5. The first-order chi connectivity index (χ1) is 18.6. The van der Waals surface area contributed by atoms with Gasteiger partial charge in [-0.1, -0.05) is 19.3 Å². The van der Waals surface area contributed by atoms with Crippen molar-refractivity contribution in [2.24, 2.45) is 14.1 Å². The third kappa shape index (κ3) is 8.04. The van der Waals surface area contributed by atoms with Crippen molar-refractivity contribution in [2.75, 3.05) is 52.4 Å². The third-order valence-corrected chi connectivity index (χ3v) is 9.25. The number of rotatable bonds is 1. The monoisotopic (exact) mass is 632 g/mol. The van der Waals surface area contributed by atoms with Gasteiger partial charge < -0.3 is 31.1 Å². The molecule has 2 aliphatic heterocycles. The van der Waals surface area contributed by atoms with E-state index >= 15 is 0 Å². The third-order valence-electron chi connectivity index (χ3n) is 6.91. The summed E-state index contributed by atoms with van der Waals surface area (Å²) >= 11 is 0. The van der Waals surface area contributed by atoms with Crippen LogP contribution >= 0.6 is 0 Å². The molecule has 2 saturated heterocycles. The molecule has 3 aliphatic rings. The van der Waals surface area contributed by atoms with E-state index in [0.717, 1.165) is 86.8 Å². The van der Waals surface area contributed by atoms with Crippen molar-refractivity contribution < 1.29 is 45.3 Å². The topological polar surface area (TPSA) is 181 Å². The first-order valence-electron chi connectivity index (χ1n) is 13.3. The molecule has 1 aromatic rings. The molecule has 1 aromatic heterocycles. The summed E-state index contributed by atoms with van der Waals surface area (Å²) in [6, 6.07) is 0. The zero-order valence-corrected chi connectivity index (χ0v) is 24.8. The van der Waals surface area contributed by atoms with E-state index in [1.807, 2.05) is 0 Å². The Bertz CT molecular complexity index is 1220. The van der Waals surface area contributed by atoms with Crippen LogP contribution < -0.4 is 11.2 Å². The molecular formula is C25H46N6NiO7S-4. The second-order valence-electron chi connectivity index (χ2n) is 9.71. The van der Waals surface area contributed by atoms with E-state index in [-0.39, 0.29) is 35.0 Å². The molecule has 238 valence electrons. The maximum absolute atomic E-state index is 12.9. The van der Waals surface area contributed by atoms with E-state index in [2.05, 4.69) is 21.3 Å². The number of hydrogen-bond acceptors (Lipinski definition) is 7. The van der Waals surface area contributed by atoms with Crippen LogP contribution in [0.1, 0.15) is 56.2 Å². The maximum Gasteiger partial charge on any atom is 0.351 e. The number of hydrogen-bond donors (Lipinski definition) is 1. The molecule has 1 N–H and O–H groups in total. The largest absolute Gasteiger partial charge is 0.664 e. The van der Waals surface area contributed by atoms with Crippen LogP contribution in [0, 0.1) is 0 Å². The van der Waals surface area contributed by atoms with Gasteiger partial charge in [0.1, 0.15) is 5.56 Å². The van der Waals surface area contributed by atoms with Crippen molar-refractivity contribution in [1.82, 2.24) is 9.13 Å². The average molecular weight is 633 g/mol. The summed E-state index contributed by atoms with van der Waals surface area (Å²) in [7, 11) is -1.71. The van der Waals surface area contributed by atoms with Gasteiger partial charge in [-0.25, -0.2) is 18.0 Å². The summed E-state index contributed by atoms with van der Waals surface area (Å²) in [6.07, 6.45) is 5.47. The summed E-state index contributed by atoms with van der Waals surface area (Å²) in [5.74, 6) is -1.76. The molecule has 1 aliphatic carbocycles. The molecule has 3 heterocycles. The first-order valence-corrected chi connectivity index (χ1v) is 14.8. The maximum atomic E-state index is 12.9. The predicted octanol–water partition coefficient (Wildman–Crippen LogP) is 3.02. The molecule has 0 radical (unpaired) electrons. The van der Waals surface area contributed by atoms with Crippen molar-refractivity contribution in [1.29, 1.82) is 0 Å². The normalized spacial score (nSPS) is 22.9. The Morgan fingerprint density at radius 2 is 1.27 bits per heavy atom. The van der Waals surface area contributed by atoms with Crippen molar-refractivity contribution in [3.63, 3.8) is 0 Å². The Balaban J connectivity index is -0.000000774. The van der Waals surface area contributed by atoms with Crippen LogP contribution in [0.5, 0.6) is 5.88 Å². The molecule has 4 rings (SSSR count). The van der Waals surface area contributed by atoms with E-state index in [1.54, 1.807) is 0 Å². The van der Waals surface area contributed by atoms with Gasteiger partial charge in [0, 0.05) is 49.1 Å². The van der Waals surface area contributed by atoms with E-state index < -0.39 is 48.3 Å². The second kappa shape index (κ2) is 15.8. The predicted molar refractivity (Wildman–Crippen MR) is 157 cm³/mol. The van der Waals surface area contributed by atoms with Gasteiger partial charge >= 0.3 is 11.7 Å². The number of esters is 1. The van der Waals surface area contributed by atoms with Crippen LogP contribution in [0.15, 0.2) is 14.5 Å². The standard InChI is InChI=1S/C15H18N2O7S.C10H20N4.Ni.4H2/c1-16-11(18)9(12(19)17(2)14(16)21)8-10-13(20)24-15(25(10,22)23)6-4-3-5-7-15;1-3-11-7-9-13-5-2-6-14-10-8-12-4-1;;;;;/h8,18H,3-7H2,1-2H3;1-10H2;;4*1H/q;-4;;;;;/b10-8+;;;;;;. The number of nitrogens with zero attached hydrogens (tertiary/aromatic N) is 6. The van der Waals surface area contributed by atoms with Crippen LogP contribution in [0.25, 0.3) is 27.3 Å². The average Bonchev–Trinajstić information content (AvgIpc) is 3.09. The zero-order chi connectivity index (χ0) is 28.5. The molecule has 1 spiro atoms. The fraction of sp³-hybridized carbons (Fsp3) is 0.720. The Morgan fingerprint density at radius 1 is 0.800 bits per heavy atom.